The zero-order valence-corrected chi connectivity index (χ0v) is 15.7. The molecule has 3 heterocycles. The summed E-state index contributed by atoms with van der Waals surface area (Å²) in [6.07, 6.45) is 10.1. The quantitative estimate of drug-likeness (QED) is 0.646. The van der Waals surface area contributed by atoms with Gasteiger partial charge < -0.3 is 9.64 Å². The van der Waals surface area contributed by atoms with Crippen molar-refractivity contribution in [1.82, 2.24) is 29.3 Å². The lowest BCUT2D eigenvalue weighted by Gasteiger charge is -2.48. The molecule has 0 unspecified atom stereocenters. The summed E-state index contributed by atoms with van der Waals surface area (Å²) in [5, 5.41) is 8.54. The number of nitrogens with zero attached hydrogens (tertiary/aromatic N) is 6. The molecule has 8 heteroatoms. The van der Waals surface area contributed by atoms with E-state index in [0.717, 1.165) is 29.6 Å². The molecule has 1 fully saturated rings. The van der Waals surface area contributed by atoms with Crippen molar-refractivity contribution in [3.8, 4) is 17.1 Å². The lowest BCUT2D eigenvalue weighted by Crippen LogP contribution is -2.56. The molecule has 3 aromatic rings. The van der Waals surface area contributed by atoms with Crippen LogP contribution in [-0.2, 0) is 11.8 Å². The fourth-order valence-electron chi connectivity index (χ4n) is 3.52. The first-order valence-corrected chi connectivity index (χ1v) is 8.80. The third kappa shape index (κ3) is 3.07. The van der Waals surface area contributed by atoms with Gasteiger partial charge in [-0.15, -0.1) is 0 Å². The van der Waals surface area contributed by atoms with E-state index in [1.54, 1.807) is 33.5 Å². The second kappa shape index (κ2) is 6.22. The minimum atomic E-state index is -0.383. The standard InChI is InChI=1S/C19H22N6O2/c1-5-17(26)24(4)14-8-19(2,9-14)27-18-16-6-7-20-25(16)12-15(22-18)13-10-21-23(3)11-13/h5-7,10-12,14H,1,8-9H2,2-4H3/t14-,19-. The largest absolute Gasteiger partial charge is 0.470 e. The number of fused-ring (bicyclic) bond motifs is 1. The molecule has 0 radical (unpaired) electrons. The summed E-state index contributed by atoms with van der Waals surface area (Å²) in [5.74, 6) is 0.462. The molecular weight excluding hydrogens is 344 g/mol. The fraction of sp³-hybridized carbons (Fsp3) is 0.368. The molecular formula is C19H22N6O2. The molecule has 0 aliphatic heterocycles. The van der Waals surface area contributed by atoms with Gasteiger partial charge in [0.1, 0.15) is 11.1 Å². The Kier molecular flexibility index (Phi) is 3.98. The van der Waals surface area contributed by atoms with Gasteiger partial charge in [-0.25, -0.2) is 9.50 Å². The summed E-state index contributed by atoms with van der Waals surface area (Å²) in [7, 11) is 3.66. The van der Waals surface area contributed by atoms with Crippen molar-refractivity contribution in [3.05, 3.63) is 43.5 Å². The number of carbonyl (C=O) groups excluding carboxylic acids is 1. The summed E-state index contributed by atoms with van der Waals surface area (Å²) < 4.78 is 9.80. The lowest BCUT2D eigenvalue weighted by molar-refractivity contribution is -0.133. The number of rotatable bonds is 5. The van der Waals surface area contributed by atoms with Crippen LogP contribution in [0.25, 0.3) is 16.8 Å². The van der Waals surface area contributed by atoms with E-state index in [1.165, 1.54) is 6.08 Å². The van der Waals surface area contributed by atoms with E-state index < -0.39 is 0 Å². The summed E-state index contributed by atoms with van der Waals surface area (Å²) in [6, 6.07) is 2.02. The highest BCUT2D eigenvalue weighted by Gasteiger charge is 2.45. The summed E-state index contributed by atoms with van der Waals surface area (Å²) in [4.78, 5) is 18.2. The van der Waals surface area contributed by atoms with Crippen LogP contribution >= 0.6 is 0 Å². The molecule has 0 N–H and O–H groups in total. The van der Waals surface area contributed by atoms with Gasteiger partial charge in [0.2, 0.25) is 11.8 Å². The Morgan fingerprint density at radius 3 is 2.85 bits per heavy atom. The fourth-order valence-corrected chi connectivity index (χ4v) is 3.52. The van der Waals surface area contributed by atoms with E-state index in [9.17, 15) is 4.79 Å². The number of carbonyl (C=O) groups is 1. The summed E-state index contributed by atoms with van der Waals surface area (Å²) in [5.41, 5.74) is 2.06. The normalized spacial score (nSPS) is 21.7. The topological polar surface area (TPSA) is 77.6 Å². The second-order valence-corrected chi connectivity index (χ2v) is 7.26. The second-order valence-electron chi connectivity index (χ2n) is 7.26. The van der Waals surface area contributed by atoms with Crippen molar-refractivity contribution in [2.75, 3.05) is 7.05 Å². The van der Waals surface area contributed by atoms with E-state index in [1.807, 2.05) is 32.4 Å². The zero-order chi connectivity index (χ0) is 19.2. The molecule has 1 aliphatic rings. The van der Waals surface area contributed by atoms with Gasteiger partial charge in [0.15, 0.2) is 0 Å². The van der Waals surface area contributed by atoms with Crippen molar-refractivity contribution in [1.29, 1.82) is 0 Å². The van der Waals surface area contributed by atoms with Gasteiger partial charge in [-0.05, 0) is 19.1 Å². The van der Waals surface area contributed by atoms with E-state index in [2.05, 4.69) is 16.8 Å². The first-order valence-electron chi connectivity index (χ1n) is 8.80. The van der Waals surface area contributed by atoms with E-state index in [4.69, 9.17) is 9.72 Å². The summed E-state index contributed by atoms with van der Waals surface area (Å²) >= 11 is 0. The minimum Gasteiger partial charge on any atom is -0.470 e. The molecule has 1 amide bonds. The molecule has 0 aromatic carbocycles. The zero-order valence-electron chi connectivity index (χ0n) is 15.7. The third-order valence-corrected chi connectivity index (χ3v) is 5.10. The third-order valence-electron chi connectivity index (χ3n) is 5.10. The number of aryl methyl sites for hydroxylation is 1. The van der Waals surface area contributed by atoms with Crippen molar-refractivity contribution in [2.45, 2.75) is 31.4 Å². The molecule has 3 aromatic heterocycles. The highest BCUT2D eigenvalue weighted by molar-refractivity contribution is 5.87. The Hall–Kier alpha value is -3.16. The van der Waals surface area contributed by atoms with Crippen molar-refractivity contribution in [3.63, 3.8) is 0 Å². The SMILES string of the molecule is C=CC(=O)N(C)[C@H]1C[C@](C)(Oc2nc(-c3cnn(C)c3)cn3nccc23)C1. The Labute approximate surface area is 157 Å². The number of hydrogen-bond donors (Lipinski definition) is 0. The lowest BCUT2D eigenvalue weighted by atomic mass is 9.76. The Balaban J connectivity index is 1.60. The molecule has 0 atom stereocenters. The van der Waals surface area contributed by atoms with Gasteiger partial charge in [0, 0.05) is 44.7 Å². The minimum absolute atomic E-state index is 0.0723. The molecule has 1 saturated carbocycles. The predicted octanol–water partition coefficient (Wildman–Crippen LogP) is 2.07. The van der Waals surface area contributed by atoms with Gasteiger partial charge in [-0.2, -0.15) is 10.2 Å². The van der Waals surface area contributed by atoms with Crippen LogP contribution < -0.4 is 4.74 Å². The van der Waals surface area contributed by atoms with Gasteiger partial charge in [0.25, 0.3) is 0 Å². The van der Waals surface area contributed by atoms with Crippen molar-refractivity contribution >= 4 is 11.4 Å². The highest BCUT2D eigenvalue weighted by atomic mass is 16.5. The number of aromatic nitrogens is 5. The van der Waals surface area contributed by atoms with Crippen LogP contribution in [0.1, 0.15) is 19.8 Å². The molecule has 0 spiro atoms. The van der Waals surface area contributed by atoms with Crippen molar-refractivity contribution in [2.24, 2.45) is 7.05 Å². The van der Waals surface area contributed by atoms with E-state index in [0.29, 0.717) is 5.88 Å². The number of amides is 1. The van der Waals surface area contributed by atoms with Gasteiger partial charge in [0.05, 0.1) is 24.3 Å². The number of likely N-dealkylation sites (N-methyl/N-ethyl adjacent to an activating group) is 1. The Bertz CT molecular complexity index is 1010. The van der Waals surface area contributed by atoms with E-state index in [-0.39, 0.29) is 17.6 Å². The van der Waals surface area contributed by atoms with Crippen LogP contribution in [0.3, 0.4) is 0 Å². The van der Waals surface area contributed by atoms with Crippen LogP contribution in [0.5, 0.6) is 5.88 Å². The summed E-state index contributed by atoms with van der Waals surface area (Å²) in [6.45, 7) is 5.59. The number of ether oxygens (including phenoxy) is 1. The molecule has 0 bridgehead atoms. The average molecular weight is 366 g/mol. The monoisotopic (exact) mass is 366 g/mol. The van der Waals surface area contributed by atoms with E-state index >= 15 is 0 Å². The number of hydrogen-bond acceptors (Lipinski definition) is 5. The van der Waals surface area contributed by atoms with Crippen LogP contribution in [0, 0.1) is 0 Å². The first kappa shape index (κ1) is 17.3. The van der Waals surface area contributed by atoms with Crippen LogP contribution in [0.4, 0.5) is 0 Å². The molecule has 0 saturated heterocycles. The molecule has 1 aliphatic carbocycles. The van der Waals surface area contributed by atoms with Crippen LogP contribution in [0.2, 0.25) is 0 Å². The average Bonchev–Trinajstić information content (AvgIpc) is 3.26. The molecule has 140 valence electrons. The first-order chi connectivity index (χ1) is 12.9. The maximum atomic E-state index is 11.8. The molecule has 27 heavy (non-hydrogen) atoms. The maximum absolute atomic E-state index is 11.8. The van der Waals surface area contributed by atoms with Crippen LogP contribution in [-0.4, -0.2) is 53.9 Å². The van der Waals surface area contributed by atoms with Gasteiger partial charge in [-0.1, -0.05) is 6.58 Å². The molecule has 4 rings (SSSR count). The maximum Gasteiger partial charge on any atom is 0.245 e. The highest BCUT2D eigenvalue weighted by Crippen LogP contribution is 2.40. The van der Waals surface area contributed by atoms with Crippen LogP contribution in [0.15, 0.2) is 43.5 Å². The Morgan fingerprint density at radius 1 is 1.41 bits per heavy atom. The van der Waals surface area contributed by atoms with Gasteiger partial charge >= 0.3 is 0 Å². The Morgan fingerprint density at radius 2 is 2.19 bits per heavy atom. The van der Waals surface area contributed by atoms with Crippen molar-refractivity contribution < 1.29 is 9.53 Å². The smallest absolute Gasteiger partial charge is 0.245 e. The molecule has 8 nitrogen and oxygen atoms in total. The van der Waals surface area contributed by atoms with Gasteiger partial charge in [-0.3, -0.25) is 9.48 Å². The predicted molar refractivity (Wildman–Crippen MR) is 100 cm³/mol.